The predicted octanol–water partition coefficient (Wildman–Crippen LogP) is 2.12. The van der Waals surface area contributed by atoms with Gasteiger partial charge >= 0.3 is 0 Å². The molecule has 25 heavy (non-hydrogen) atoms. The summed E-state index contributed by atoms with van der Waals surface area (Å²) < 4.78 is 14.1. The zero-order chi connectivity index (χ0) is 16.4. The van der Waals surface area contributed by atoms with Crippen molar-refractivity contribution in [3.63, 3.8) is 0 Å². The number of benzene rings is 1. The first-order valence-corrected chi connectivity index (χ1v) is 8.75. The van der Waals surface area contributed by atoms with Crippen LogP contribution < -0.4 is 5.32 Å². The van der Waals surface area contributed by atoms with Crippen LogP contribution in [0.5, 0.6) is 0 Å². The molecule has 1 aromatic carbocycles. The zero-order valence-corrected chi connectivity index (χ0v) is 15.1. The Morgan fingerprint density at radius 2 is 1.96 bits per heavy atom. The Hall–Kier alpha value is -1.47. The van der Waals surface area contributed by atoms with Crippen LogP contribution >= 0.6 is 12.4 Å². The molecule has 2 aromatic rings. The number of hydrogen-bond donors (Lipinski definition) is 2. The maximum absolute atomic E-state index is 14.1. The van der Waals surface area contributed by atoms with E-state index in [1.807, 2.05) is 12.3 Å². The molecule has 2 saturated heterocycles. The molecule has 136 valence electrons. The lowest BCUT2D eigenvalue weighted by atomic mass is 10.1. The summed E-state index contributed by atoms with van der Waals surface area (Å²) in [6.07, 6.45) is 3.05. The van der Waals surface area contributed by atoms with Gasteiger partial charge in [0, 0.05) is 63.0 Å². The number of nitrogens with one attached hydrogen (secondary N) is 2. The summed E-state index contributed by atoms with van der Waals surface area (Å²) in [4.78, 5) is 5.06. The molecule has 0 amide bonds. The quantitative estimate of drug-likeness (QED) is 0.871. The average molecular weight is 366 g/mol. The number of piperazine rings is 1. The van der Waals surface area contributed by atoms with Crippen LogP contribution in [-0.4, -0.2) is 65.3 Å². The summed E-state index contributed by atoms with van der Waals surface area (Å²) in [5.74, 6) is -0.205. The molecular formula is C18H25ClFN5. The summed E-state index contributed by atoms with van der Waals surface area (Å²) in [5, 5.41) is 10.5. The van der Waals surface area contributed by atoms with Gasteiger partial charge < -0.3 is 5.32 Å². The van der Waals surface area contributed by atoms with Crippen LogP contribution in [0.1, 0.15) is 12.0 Å². The van der Waals surface area contributed by atoms with Gasteiger partial charge in [0.1, 0.15) is 5.82 Å². The highest BCUT2D eigenvalue weighted by Gasteiger charge is 2.29. The number of aromatic amines is 1. The van der Waals surface area contributed by atoms with E-state index in [0.29, 0.717) is 11.6 Å². The van der Waals surface area contributed by atoms with Gasteiger partial charge in [-0.1, -0.05) is 12.1 Å². The molecule has 4 rings (SSSR count). The Morgan fingerprint density at radius 1 is 1.16 bits per heavy atom. The van der Waals surface area contributed by atoms with Gasteiger partial charge in [-0.15, -0.1) is 12.4 Å². The summed E-state index contributed by atoms with van der Waals surface area (Å²) >= 11 is 0. The third kappa shape index (κ3) is 4.03. The molecule has 1 unspecified atom stereocenters. The van der Waals surface area contributed by atoms with Gasteiger partial charge in [0.05, 0.1) is 11.9 Å². The van der Waals surface area contributed by atoms with Crippen molar-refractivity contribution >= 4 is 12.4 Å². The first-order chi connectivity index (χ1) is 11.8. The Balaban J connectivity index is 0.00000182. The van der Waals surface area contributed by atoms with E-state index in [-0.39, 0.29) is 18.2 Å². The van der Waals surface area contributed by atoms with E-state index in [9.17, 15) is 4.39 Å². The minimum absolute atomic E-state index is 0. The van der Waals surface area contributed by atoms with Crippen LogP contribution in [0.25, 0.3) is 11.3 Å². The van der Waals surface area contributed by atoms with Gasteiger partial charge in [-0.25, -0.2) is 4.39 Å². The summed E-state index contributed by atoms with van der Waals surface area (Å²) in [6.45, 7) is 7.47. The molecule has 2 fully saturated rings. The van der Waals surface area contributed by atoms with E-state index < -0.39 is 0 Å². The maximum Gasteiger partial charge on any atom is 0.132 e. The second-order valence-electron chi connectivity index (χ2n) is 6.71. The molecule has 0 radical (unpaired) electrons. The van der Waals surface area contributed by atoms with Gasteiger partial charge in [-0.3, -0.25) is 14.9 Å². The van der Waals surface area contributed by atoms with Crippen LogP contribution in [0.4, 0.5) is 4.39 Å². The molecule has 7 heteroatoms. The Kier molecular flexibility index (Phi) is 6.06. The summed E-state index contributed by atoms with van der Waals surface area (Å²) in [7, 11) is 0. The fourth-order valence-corrected chi connectivity index (χ4v) is 3.87. The number of aromatic nitrogens is 2. The Bertz CT molecular complexity index is 686. The second-order valence-corrected chi connectivity index (χ2v) is 6.71. The normalized spacial score (nSPS) is 22.0. The fraction of sp³-hybridized carbons (Fsp3) is 0.500. The minimum Gasteiger partial charge on any atom is -0.314 e. The van der Waals surface area contributed by atoms with Crippen LogP contribution in [0.15, 0.2) is 30.5 Å². The van der Waals surface area contributed by atoms with E-state index in [1.165, 1.54) is 12.5 Å². The lowest BCUT2D eigenvalue weighted by Crippen LogP contribution is -2.49. The van der Waals surface area contributed by atoms with E-state index in [2.05, 4.69) is 25.3 Å². The molecule has 0 saturated carbocycles. The Labute approximate surface area is 154 Å². The zero-order valence-electron chi connectivity index (χ0n) is 14.2. The third-order valence-electron chi connectivity index (χ3n) is 5.17. The van der Waals surface area contributed by atoms with Gasteiger partial charge in [0.15, 0.2) is 0 Å². The van der Waals surface area contributed by atoms with E-state index >= 15 is 0 Å². The lowest BCUT2D eigenvalue weighted by molar-refractivity contribution is 0.170. The van der Waals surface area contributed by atoms with Gasteiger partial charge in [-0.05, 0) is 18.6 Å². The molecule has 1 atom stereocenters. The van der Waals surface area contributed by atoms with Crippen LogP contribution in [-0.2, 0) is 6.54 Å². The largest absolute Gasteiger partial charge is 0.314 e. The number of nitrogens with zero attached hydrogens (tertiary/aromatic N) is 3. The third-order valence-corrected chi connectivity index (χ3v) is 5.17. The first kappa shape index (κ1) is 18.3. The summed E-state index contributed by atoms with van der Waals surface area (Å²) in [6, 6.07) is 7.53. The maximum atomic E-state index is 14.1. The van der Waals surface area contributed by atoms with Crippen LogP contribution in [0.3, 0.4) is 0 Å². The number of likely N-dealkylation sites (tertiary alicyclic amines) is 1. The molecule has 2 N–H and O–H groups in total. The molecular weight excluding hydrogens is 341 g/mol. The Morgan fingerprint density at radius 3 is 2.76 bits per heavy atom. The lowest BCUT2D eigenvalue weighted by Gasteiger charge is -2.32. The van der Waals surface area contributed by atoms with Crippen molar-refractivity contribution in [1.82, 2.24) is 25.3 Å². The van der Waals surface area contributed by atoms with Crippen molar-refractivity contribution in [1.29, 1.82) is 0 Å². The molecule has 1 aromatic heterocycles. The summed E-state index contributed by atoms with van der Waals surface area (Å²) in [5.41, 5.74) is 2.47. The number of halogens is 2. The molecule has 2 aliphatic rings. The first-order valence-electron chi connectivity index (χ1n) is 8.75. The molecule has 0 bridgehead atoms. The molecule has 0 aliphatic carbocycles. The monoisotopic (exact) mass is 365 g/mol. The van der Waals surface area contributed by atoms with Gasteiger partial charge in [0.2, 0.25) is 0 Å². The smallest absolute Gasteiger partial charge is 0.132 e. The highest BCUT2D eigenvalue weighted by molar-refractivity contribution is 5.85. The van der Waals surface area contributed by atoms with Gasteiger partial charge in [0.25, 0.3) is 0 Å². The standard InChI is InChI=1S/C18H24FN5.ClH/c19-17-4-2-1-3-16(17)18-14(11-21-22-18)12-23-8-5-15(13-23)24-9-6-20-7-10-24;/h1-4,11,15,20H,5-10,12-13H2,(H,21,22);1H. The van der Waals surface area contributed by atoms with Gasteiger partial charge in [-0.2, -0.15) is 5.10 Å². The number of hydrogen-bond acceptors (Lipinski definition) is 4. The van der Waals surface area contributed by atoms with Crippen molar-refractivity contribution in [2.24, 2.45) is 0 Å². The number of H-pyrrole nitrogens is 1. The predicted molar refractivity (Wildman–Crippen MR) is 99.4 cm³/mol. The fourth-order valence-electron chi connectivity index (χ4n) is 3.87. The average Bonchev–Trinajstić information content (AvgIpc) is 3.26. The highest BCUT2D eigenvalue weighted by Crippen LogP contribution is 2.26. The van der Waals surface area contributed by atoms with E-state index in [1.54, 1.807) is 12.1 Å². The van der Waals surface area contributed by atoms with Crippen molar-refractivity contribution in [2.75, 3.05) is 39.3 Å². The number of rotatable bonds is 4. The second kappa shape index (κ2) is 8.27. The van der Waals surface area contributed by atoms with Crippen molar-refractivity contribution in [3.8, 4) is 11.3 Å². The van der Waals surface area contributed by atoms with Crippen molar-refractivity contribution in [3.05, 3.63) is 41.8 Å². The van der Waals surface area contributed by atoms with E-state index in [4.69, 9.17) is 0 Å². The van der Waals surface area contributed by atoms with Crippen LogP contribution in [0.2, 0.25) is 0 Å². The molecule has 2 aliphatic heterocycles. The molecule has 0 spiro atoms. The SMILES string of the molecule is Cl.Fc1ccccc1-c1[nH]ncc1CN1CCC(N2CCNCC2)C1. The topological polar surface area (TPSA) is 47.2 Å². The highest BCUT2D eigenvalue weighted by atomic mass is 35.5. The van der Waals surface area contributed by atoms with E-state index in [0.717, 1.165) is 57.1 Å². The minimum atomic E-state index is -0.205. The van der Waals surface area contributed by atoms with Crippen molar-refractivity contribution in [2.45, 2.75) is 19.0 Å². The molecule has 3 heterocycles. The molecule has 5 nitrogen and oxygen atoms in total. The van der Waals surface area contributed by atoms with Crippen molar-refractivity contribution < 1.29 is 4.39 Å². The van der Waals surface area contributed by atoms with Crippen LogP contribution in [0, 0.1) is 5.82 Å².